The number of benzene rings is 1. The van der Waals surface area contributed by atoms with Gasteiger partial charge >= 0.3 is 0 Å². The lowest BCUT2D eigenvalue weighted by Gasteiger charge is -2.27. The number of piperidine rings is 1. The van der Waals surface area contributed by atoms with Crippen molar-refractivity contribution in [1.82, 2.24) is 9.97 Å². The standard InChI is InChI=1S/C17H20FN3OS/c1-22-15-6-5-13(9-14(15)18)11-23-17-10-16(19-12-20-17)21-7-3-2-4-8-21/h5-6,9-10,12H,2-4,7-8,11H2,1H3. The molecule has 1 fully saturated rings. The van der Waals surface area contributed by atoms with Crippen molar-refractivity contribution in [2.24, 2.45) is 0 Å². The molecule has 2 heterocycles. The van der Waals surface area contributed by atoms with E-state index in [1.807, 2.05) is 12.1 Å². The molecule has 1 aliphatic heterocycles. The van der Waals surface area contributed by atoms with Crippen molar-refractivity contribution >= 4 is 17.6 Å². The normalized spacial score (nSPS) is 14.8. The molecule has 0 N–H and O–H groups in total. The fraction of sp³-hybridized carbons (Fsp3) is 0.412. The fourth-order valence-electron chi connectivity index (χ4n) is 2.66. The molecule has 0 unspecified atom stereocenters. The minimum atomic E-state index is -0.331. The summed E-state index contributed by atoms with van der Waals surface area (Å²) in [7, 11) is 1.47. The second-order valence-corrected chi connectivity index (χ2v) is 6.52. The number of halogens is 1. The van der Waals surface area contributed by atoms with Gasteiger partial charge in [-0.3, -0.25) is 0 Å². The van der Waals surface area contributed by atoms with Crippen LogP contribution in [-0.4, -0.2) is 30.2 Å². The van der Waals surface area contributed by atoms with E-state index in [-0.39, 0.29) is 11.6 Å². The van der Waals surface area contributed by atoms with Gasteiger partial charge in [-0.1, -0.05) is 6.07 Å². The molecule has 0 radical (unpaired) electrons. The lowest BCUT2D eigenvalue weighted by molar-refractivity contribution is 0.386. The third kappa shape index (κ3) is 4.13. The van der Waals surface area contributed by atoms with E-state index < -0.39 is 0 Å². The number of hydrogen-bond donors (Lipinski definition) is 0. The van der Waals surface area contributed by atoms with Crippen LogP contribution in [0.1, 0.15) is 24.8 Å². The Morgan fingerprint density at radius 3 is 2.74 bits per heavy atom. The number of ether oxygens (including phenoxy) is 1. The molecule has 23 heavy (non-hydrogen) atoms. The van der Waals surface area contributed by atoms with Crippen LogP contribution < -0.4 is 9.64 Å². The average molecular weight is 333 g/mol. The minimum Gasteiger partial charge on any atom is -0.494 e. The first-order chi connectivity index (χ1) is 11.3. The summed E-state index contributed by atoms with van der Waals surface area (Å²) in [5.74, 6) is 1.59. The van der Waals surface area contributed by atoms with Crippen LogP contribution in [-0.2, 0) is 5.75 Å². The molecule has 1 aromatic carbocycles. The van der Waals surface area contributed by atoms with Gasteiger partial charge in [0.15, 0.2) is 11.6 Å². The number of rotatable bonds is 5. The zero-order chi connectivity index (χ0) is 16.1. The van der Waals surface area contributed by atoms with Crippen LogP contribution in [0.5, 0.6) is 5.75 Å². The highest BCUT2D eigenvalue weighted by molar-refractivity contribution is 7.98. The van der Waals surface area contributed by atoms with Gasteiger partial charge in [-0.2, -0.15) is 0 Å². The maximum Gasteiger partial charge on any atom is 0.165 e. The van der Waals surface area contributed by atoms with E-state index in [9.17, 15) is 4.39 Å². The first kappa shape index (κ1) is 16.1. The van der Waals surface area contributed by atoms with Crippen LogP contribution in [0.25, 0.3) is 0 Å². The molecule has 0 atom stereocenters. The third-order valence-electron chi connectivity index (χ3n) is 3.91. The van der Waals surface area contributed by atoms with E-state index in [2.05, 4.69) is 14.9 Å². The van der Waals surface area contributed by atoms with E-state index in [0.29, 0.717) is 5.75 Å². The molecule has 122 valence electrons. The molecule has 2 aromatic rings. The SMILES string of the molecule is COc1ccc(CSc2cc(N3CCCCC3)ncn2)cc1F. The number of anilines is 1. The fourth-order valence-corrected chi connectivity index (χ4v) is 3.47. The predicted molar refractivity (Wildman–Crippen MR) is 90.6 cm³/mol. The lowest BCUT2D eigenvalue weighted by atomic mass is 10.1. The van der Waals surface area contributed by atoms with Crippen molar-refractivity contribution in [3.63, 3.8) is 0 Å². The molecule has 0 spiro atoms. The van der Waals surface area contributed by atoms with Crippen molar-refractivity contribution in [3.8, 4) is 5.75 Å². The van der Waals surface area contributed by atoms with Crippen molar-refractivity contribution < 1.29 is 9.13 Å². The van der Waals surface area contributed by atoms with Crippen LogP contribution >= 0.6 is 11.8 Å². The molecular formula is C17H20FN3OS. The highest BCUT2D eigenvalue weighted by Gasteiger charge is 2.13. The Hall–Kier alpha value is -1.82. The lowest BCUT2D eigenvalue weighted by Crippen LogP contribution is -2.30. The Morgan fingerprint density at radius 2 is 2.00 bits per heavy atom. The molecular weight excluding hydrogens is 313 g/mol. The summed E-state index contributed by atoms with van der Waals surface area (Å²) in [4.78, 5) is 11.0. The predicted octanol–water partition coefficient (Wildman–Crippen LogP) is 3.91. The highest BCUT2D eigenvalue weighted by atomic mass is 32.2. The Bertz CT molecular complexity index is 662. The number of nitrogens with zero attached hydrogens (tertiary/aromatic N) is 3. The largest absolute Gasteiger partial charge is 0.494 e. The van der Waals surface area contributed by atoms with E-state index in [1.165, 1.54) is 32.4 Å². The Balaban J connectivity index is 1.65. The molecule has 1 aromatic heterocycles. The maximum atomic E-state index is 13.7. The summed E-state index contributed by atoms with van der Waals surface area (Å²) < 4.78 is 18.7. The zero-order valence-electron chi connectivity index (χ0n) is 13.2. The minimum absolute atomic E-state index is 0.271. The molecule has 1 saturated heterocycles. The van der Waals surface area contributed by atoms with Crippen LogP contribution in [0.2, 0.25) is 0 Å². The Kier molecular flexibility index (Phi) is 5.33. The first-order valence-electron chi connectivity index (χ1n) is 7.78. The van der Waals surface area contributed by atoms with Gasteiger partial charge in [-0.15, -0.1) is 11.8 Å². The van der Waals surface area contributed by atoms with Crippen LogP contribution in [0.3, 0.4) is 0 Å². The van der Waals surface area contributed by atoms with E-state index in [1.54, 1.807) is 24.2 Å². The Morgan fingerprint density at radius 1 is 1.17 bits per heavy atom. The monoisotopic (exact) mass is 333 g/mol. The maximum absolute atomic E-state index is 13.7. The van der Waals surface area contributed by atoms with Crippen molar-refractivity contribution in [3.05, 3.63) is 42.0 Å². The van der Waals surface area contributed by atoms with Crippen molar-refractivity contribution in [1.29, 1.82) is 0 Å². The van der Waals surface area contributed by atoms with E-state index >= 15 is 0 Å². The van der Waals surface area contributed by atoms with Gasteiger partial charge in [-0.25, -0.2) is 14.4 Å². The third-order valence-corrected chi connectivity index (χ3v) is 4.91. The zero-order valence-corrected chi connectivity index (χ0v) is 14.0. The molecule has 6 heteroatoms. The van der Waals surface area contributed by atoms with Gasteiger partial charge in [0.25, 0.3) is 0 Å². The van der Waals surface area contributed by atoms with Gasteiger partial charge < -0.3 is 9.64 Å². The summed E-state index contributed by atoms with van der Waals surface area (Å²) in [6.07, 6.45) is 5.35. The quantitative estimate of drug-likeness (QED) is 0.613. The summed E-state index contributed by atoms with van der Waals surface area (Å²) in [5.41, 5.74) is 0.909. The number of hydrogen-bond acceptors (Lipinski definition) is 5. The molecule has 0 aliphatic carbocycles. The van der Waals surface area contributed by atoms with Crippen LogP contribution in [0.15, 0.2) is 35.6 Å². The summed E-state index contributed by atoms with van der Waals surface area (Å²) in [6.45, 7) is 2.12. The molecule has 0 saturated carbocycles. The summed E-state index contributed by atoms with van der Waals surface area (Å²) in [5, 5.41) is 0.914. The highest BCUT2D eigenvalue weighted by Crippen LogP contribution is 2.26. The molecule has 4 nitrogen and oxygen atoms in total. The number of methoxy groups -OCH3 is 1. The van der Waals surface area contributed by atoms with Crippen molar-refractivity contribution in [2.75, 3.05) is 25.1 Å². The molecule has 3 rings (SSSR count). The number of thioether (sulfide) groups is 1. The van der Waals surface area contributed by atoms with Gasteiger partial charge in [0.2, 0.25) is 0 Å². The molecule has 0 bridgehead atoms. The van der Waals surface area contributed by atoms with Gasteiger partial charge in [0.1, 0.15) is 17.2 Å². The smallest absolute Gasteiger partial charge is 0.165 e. The topological polar surface area (TPSA) is 38.2 Å². The number of aromatic nitrogens is 2. The average Bonchev–Trinajstić information content (AvgIpc) is 2.61. The van der Waals surface area contributed by atoms with Crippen LogP contribution in [0, 0.1) is 5.82 Å². The van der Waals surface area contributed by atoms with Gasteiger partial charge in [0.05, 0.1) is 7.11 Å². The first-order valence-corrected chi connectivity index (χ1v) is 8.77. The van der Waals surface area contributed by atoms with Crippen molar-refractivity contribution in [2.45, 2.75) is 30.0 Å². The van der Waals surface area contributed by atoms with Crippen LogP contribution in [0.4, 0.5) is 10.2 Å². The summed E-state index contributed by atoms with van der Waals surface area (Å²) in [6, 6.07) is 7.07. The summed E-state index contributed by atoms with van der Waals surface area (Å²) >= 11 is 1.59. The molecule has 0 amide bonds. The van der Waals surface area contributed by atoms with Gasteiger partial charge in [-0.05, 0) is 37.0 Å². The van der Waals surface area contributed by atoms with E-state index in [4.69, 9.17) is 4.74 Å². The van der Waals surface area contributed by atoms with E-state index in [0.717, 1.165) is 29.5 Å². The molecule has 1 aliphatic rings. The second kappa shape index (κ2) is 7.64. The second-order valence-electron chi connectivity index (χ2n) is 5.52. The van der Waals surface area contributed by atoms with Gasteiger partial charge in [0, 0.05) is 24.9 Å². The Labute approximate surface area is 140 Å².